The van der Waals surface area contributed by atoms with E-state index < -0.39 is 11.1 Å². The van der Waals surface area contributed by atoms with Crippen molar-refractivity contribution in [2.24, 2.45) is 17.8 Å². The molecule has 0 aromatic heterocycles. The van der Waals surface area contributed by atoms with Gasteiger partial charge in [-0.05, 0) is 42.0 Å². The monoisotopic (exact) mass is 360 g/mol. The Labute approximate surface area is 153 Å². The van der Waals surface area contributed by atoms with Crippen molar-refractivity contribution in [2.75, 3.05) is 7.11 Å². The van der Waals surface area contributed by atoms with Crippen LogP contribution in [0.25, 0.3) is 10.8 Å². The molecule has 1 aliphatic carbocycles. The van der Waals surface area contributed by atoms with E-state index in [1.165, 1.54) is 6.42 Å². The molecule has 4 heteroatoms. The van der Waals surface area contributed by atoms with Gasteiger partial charge in [-0.15, -0.1) is 0 Å². The smallest absolute Gasteiger partial charge is 0.193 e. The van der Waals surface area contributed by atoms with E-state index in [1.54, 1.807) is 7.11 Å². The molecule has 25 heavy (non-hydrogen) atoms. The van der Waals surface area contributed by atoms with Crippen LogP contribution in [0.15, 0.2) is 41.3 Å². The fourth-order valence-corrected chi connectivity index (χ4v) is 5.16. The minimum Gasteiger partial charge on any atom is -0.495 e. The lowest BCUT2D eigenvalue weighted by atomic mass is 9.75. The van der Waals surface area contributed by atoms with Gasteiger partial charge in [0.05, 0.1) is 13.2 Å². The van der Waals surface area contributed by atoms with Crippen molar-refractivity contribution in [2.45, 2.75) is 51.0 Å². The van der Waals surface area contributed by atoms with Crippen LogP contribution in [0.1, 0.15) is 40.0 Å². The highest BCUT2D eigenvalue weighted by Crippen LogP contribution is 2.38. The summed E-state index contributed by atoms with van der Waals surface area (Å²) in [5.74, 6) is 2.23. The summed E-state index contributed by atoms with van der Waals surface area (Å²) in [6.07, 6.45) is 3.38. The Morgan fingerprint density at radius 1 is 1.12 bits per heavy atom. The van der Waals surface area contributed by atoms with Crippen LogP contribution in [0.3, 0.4) is 0 Å². The highest BCUT2D eigenvalue weighted by atomic mass is 32.2. The van der Waals surface area contributed by atoms with Gasteiger partial charge in [0.15, 0.2) is 11.1 Å². The van der Waals surface area contributed by atoms with Crippen molar-refractivity contribution in [1.29, 1.82) is 0 Å². The molecule has 3 nitrogen and oxygen atoms in total. The van der Waals surface area contributed by atoms with Crippen LogP contribution >= 0.6 is 0 Å². The van der Waals surface area contributed by atoms with Crippen LogP contribution in [0.5, 0.6) is 5.75 Å². The van der Waals surface area contributed by atoms with Crippen molar-refractivity contribution in [3.05, 3.63) is 36.4 Å². The molecule has 1 saturated carbocycles. The van der Waals surface area contributed by atoms with E-state index in [1.807, 2.05) is 36.4 Å². The zero-order chi connectivity index (χ0) is 18.0. The van der Waals surface area contributed by atoms with Crippen LogP contribution in [0, 0.1) is 17.8 Å². The quantitative estimate of drug-likeness (QED) is 0.721. The second-order valence-corrected chi connectivity index (χ2v) is 8.58. The molecule has 0 radical (unpaired) electrons. The molecule has 0 amide bonds. The number of rotatable bonds is 5. The van der Waals surface area contributed by atoms with Gasteiger partial charge >= 0.3 is 0 Å². The first-order valence-corrected chi connectivity index (χ1v) is 10.2. The molecule has 0 unspecified atom stereocenters. The molecule has 0 heterocycles. The molecular formula is C21H28O3S. The van der Waals surface area contributed by atoms with Crippen LogP contribution in [0.2, 0.25) is 0 Å². The van der Waals surface area contributed by atoms with Gasteiger partial charge in [0.25, 0.3) is 0 Å². The molecule has 2 aromatic rings. The van der Waals surface area contributed by atoms with E-state index >= 15 is 0 Å². The van der Waals surface area contributed by atoms with Gasteiger partial charge in [-0.25, -0.2) is 4.21 Å². The number of ether oxygens (including phenoxy) is 1. The number of benzene rings is 2. The molecule has 0 aliphatic heterocycles. The molecule has 3 rings (SSSR count). The Morgan fingerprint density at radius 2 is 1.88 bits per heavy atom. The van der Waals surface area contributed by atoms with E-state index in [9.17, 15) is 4.21 Å². The SMILES string of the molecule is COc1ccc2ccccc2c1[S@@](=O)O[C@@H]1C[C@H](C)CC[C@H]1C(C)C. The first kappa shape index (κ1) is 18.4. The number of hydrogen-bond donors (Lipinski definition) is 0. The molecule has 0 N–H and O–H groups in total. The van der Waals surface area contributed by atoms with E-state index in [0.29, 0.717) is 28.4 Å². The minimum absolute atomic E-state index is 0.0354. The van der Waals surface area contributed by atoms with E-state index in [4.69, 9.17) is 8.92 Å². The molecule has 2 aromatic carbocycles. The molecular weight excluding hydrogens is 332 g/mol. The number of fused-ring (bicyclic) bond motifs is 1. The standard InChI is InChI=1S/C21H28O3S/c1-14(2)17-11-9-15(3)13-20(17)24-25(22)21-18-8-6-5-7-16(18)10-12-19(21)23-4/h5-8,10,12,14-15,17,20H,9,11,13H2,1-4H3/t15-,17+,20-,25+/m1/s1. The molecule has 136 valence electrons. The normalized spacial score (nSPS) is 25.2. The summed E-state index contributed by atoms with van der Waals surface area (Å²) in [6, 6.07) is 11.8. The largest absolute Gasteiger partial charge is 0.495 e. The number of methoxy groups -OCH3 is 1. The summed E-state index contributed by atoms with van der Waals surface area (Å²) in [5.41, 5.74) is 0. The lowest BCUT2D eigenvalue weighted by Gasteiger charge is -2.36. The lowest BCUT2D eigenvalue weighted by molar-refractivity contribution is 0.0566. The van der Waals surface area contributed by atoms with Crippen LogP contribution in [-0.4, -0.2) is 17.4 Å². The second-order valence-electron chi connectivity index (χ2n) is 7.51. The Balaban J connectivity index is 1.93. The summed E-state index contributed by atoms with van der Waals surface area (Å²) in [7, 11) is 1.62. The zero-order valence-electron chi connectivity index (χ0n) is 15.5. The fourth-order valence-electron chi connectivity index (χ4n) is 3.94. The zero-order valence-corrected chi connectivity index (χ0v) is 16.3. The average molecular weight is 361 g/mol. The summed E-state index contributed by atoms with van der Waals surface area (Å²) >= 11 is -1.54. The first-order chi connectivity index (χ1) is 12.0. The van der Waals surface area contributed by atoms with Gasteiger partial charge < -0.3 is 4.74 Å². The topological polar surface area (TPSA) is 35.5 Å². The van der Waals surface area contributed by atoms with Gasteiger partial charge in [0, 0.05) is 5.39 Å². The third kappa shape index (κ3) is 3.90. The van der Waals surface area contributed by atoms with Gasteiger partial charge in [-0.1, -0.05) is 57.5 Å². The maximum absolute atomic E-state index is 13.2. The third-order valence-corrected chi connectivity index (χ3v) is 6.58. The Morgan fingerprint density at radius 3 is 2.60 bits per heavy atom. The highest BCUT2D eigenvalue weighted by Gasteiger charge is 2.33. The summed E-state index contributed by atoms with van der Waals surface area (Å²) < 4.78 is 24.8. The predicted octanol–water partition coefficient (Wildman–Crippen LogP) is 5.35. The summed E-state index contributed by atoms with van der Waals surface area (Å²) in [4.78, 5) is 0.654. The van der Waals surface area contributed by atoms with Crippen molar-refractivity contribution in [1.82, 2.24) is 0 Å². The Bertz CT molecular complexity index is 756. The maximum atomic E-state index is 13.2. The van der Waals surface area contributed by atoms with Gasteiger partial charge in [0.1, 0.15) is 10.6 Å². The van der Waals surface area contributed by atoms with Crippen LogP contribution in [-0.2, 0) is 15.3 Å². The molecule has 4 atom stereocenters. The minimum atomic E-state index is -1.54. The molecule has 1 aliphatic rings. The van der Waals surface area contributed by atoms with Crippen LogP contribution < -0.4 is 4.74 Å². The van der Waals surface area contributed by atoms with E-state index in [-0.39, 0.29) is 6.10 Å². The van der Waals surface area contributed by atoms with E-state index in [0.717, 1.165) is 23.6 Å². The summed E-state index contributed by atoms with van der Waals surface area (Å²) in [6.45, 7) is 6.73. The maximum Gasteiger partial charge on any atom is 0.193 e. The third-order valence-electron chi connectivity index (χ3n) is 5.40. The van der Waals surface area contributed by atoms with Crippen LogP contribution in [0.4, 0.5) is 0 Å². The summed E-state index contributed by atoms with van der Waals surface area (Å²) in [5, 5.41) is 1.98. The second kappa shape index (κ2) is 7.88. The molecule has 1 fully saturated rings. The van der Waals surface area contributed by atoms with Crippen molar-refractivity contribution in [3.8, 4) is 5.75 Å². The van der Waals surface area contributed by atoms with Gasteiger partial charge in [-0.3, -0.25) is 4.18 Å². The predicted molar refractivity (Wildman–Crippen MR) is 103 cm³/mol. The van der Waals surface area contributed by atoms with E-state index in [2.05, 4.69) is 20.8 Å². The molecule has 0 spiro atoms. The van der Waals surface area contributed by atoms with Gasteiger partial charge in [0.2, 0.25) is 0 Å². The Kier molecular flexibility index (Phi) is 5.80. The Hall–Kier alpha value is -1.39. The van der Waals surface area contributed by atoms with Crippen molar-refractivity contribution >= 4 is 21.9 Å². The molecule has 0 bridgehead atoms. The number of hydrogen-bond acceptors (Lipinski definition) is 3. The first-order valence-electron chi connectivity index (χ1n) is 9.16. The average Bonchev–Trinajstić information content (AvgIpc) is 2.60. The van der Waals surface area contributed by atoms with Crippen molar-refractivity contribution in [3.63, 3.8) is 0 Å². The highest BCUT2D eigenvalue weighted by molar-refractivity contribution is 7.80. The van der Waals surface area contributed by atoms with Gasteiger partial charge in [-0.2, -0.15) is 0 Å². The van der Waals surface area contributed by atoms with Crippen molar-refractivity contribution < 1.29 is 13.1 Å². The molecule has 0 saturated heterocycles. The lowest BCUT2D eigenvalue weighted by Crippen LogP contribution is -2.34. The fraction of sp³-hybridized carbons (Fsp3) is 0.524.